The van der Waals surface area contributed by atoms with E-state index in [1.807, 2.05) is 0 Å². The minimum Gasteiger partial charge on any atom is -0.352 e. The van der Waals surface area contributed by atoms with E-state index in [0.717, 1.165) is 77.0 Å². The SMILES string of the molecule is CCC(C)CCO[Si](OCC(CC)CC)(OCC(CC)CC)O[Si](OCCC(C)CC)(OCC(CC)CC)OCC(CC)CC. The molecule has 0 N–H and O–H groups in total. The van der Waals surface area contributed by atoms with Crippen molar-refractivity contribution in [3.8, 4) is 0 Å². The van der Waals surface area contributed by atoms with Gasteiger partial charge < -0.3 is 30.7 Å². The highest BCUT2D eigenvalue weighted by molar-refractivity contribution is 6.68. The zero-order valence-corrected chi connectivity index (χ0v) is 34.0. The molecular weight excluding hydrogens is 601 g/mol. The maximum atomic E-state index is 7.16. The minimum absolute atomic E-state index is 0.383. The highest BCUT2D eigenvalue weighted by Crippen LogP contribution is 2.29. The Bertz CT molecular complexity index is 569. The van der Waals surface area contributed by atoms with Crippen LogP contribution >= 0.6 is 0 Å². The molecule has 0 aliphatic carbocycles. The zero-order chi connectivity index (χ0) is 34.1. The van der Waals surface area contributed by atoms with Gasteiger partial charge in [-0.25, -0.2) is 0 Å². The summed E-state index contributed by atoms with van der Waals surface area (Å²) < 4.78 is 48.0. The molecule has 2 unspecified atom stereocenters. The van der Waals surface area contributed by atoms with Gasteiger partial charge in [0.1, 0.15) is 0 Å². The molecule has 0 bridgehead atoms. The van der Waals surface area contributed by atoms with Crippen molar-refractivity contribution in [2.45, 2.75) is 160 Å². The lowest BCUT2D eigenvalue weighted by Gasteiger charge is -2.38. The quantitative estimate of drug-likeness (QED) is 0.0656. The van der Waals surface area contributed by atoms with E-state index in [4.69, 9.17) is 30.7 Å². The second kappa shape index (κ2) is 27.0. The highest BCUT2D eigenvalue weighted by Gasteiger charge is 2.60. The lowest BCUT2D eigenvalue weighted by Crippen LogP contribution is -2.63. The van der Waals surface area contributed by atoms with Gasteiger partial charge in [0.25, 0.3) is 0 Å². The Labute approximate surface area is 283 Å². The van der Waals surface area contributed by atoms with Crippen LogP contribution in [0, 0.1) is 35.5 Å². The van der Waals surface area contributed by atoms with Crippen LogP contribution in [0.1, 0.15) is 160 Å². The molecule has 7 nitrogen and oxygen atoms in total. The van der Waals surface area contributed by atoms with Crippen molar-refractivity contribution in [3.05, 3.63) is 0 Å². The van der Waals surface area contributed by atoms with E-state index < -0.39 is 18.1 Å². The fourth-order valence-electron chi connectivity index (χ4n) is 4.74. The average molecular weight is 679 g/mol. The molecule has 0 fully saturated rings. The van der Waals surface area contributed by atoms with Gasteiger partial charge in [0.15, 0.2) is 0 Å². The molecule has 0 aromatic heterocycles. The Hall–Kier alpha value is 0.154. The van der Waals surface area contributed by atoms with Gasteiger partial charge in [-0.2, -0.15) is 0 Å². The molecule has 0 radical (unpaired) electrons. The van der Waals surface area contributed by atoms with Crippen molar-refractivity contribution in [2.24, 2.45) is 35.5 Å². The summed E-state index contributed by atoms with van der Waals surface area (Å²) in [6, 6.07) is 0. The Morgan fingerprint density at radius 1 is 0.356 bits per heavy atom. The number of hydrogen-bond donors (Lipinski definition) is 0. The third-order valence-corrected chi connectivity index (χ3v) is 15.2. The summed E-state index contributed by atoms with van der Waals surface area (Å²) in [5.41, 5.74) is 0. The van der Waals surface area contributed by atoms with Gasteiger partial charge in [-0.1, -0.05) is 147 Å². The van der Waals surface area contributed by atoms with Crippen LogP contribution < -0.4 is 0 Å². The van der Waals surface area contributed by atoms with Gasteiger partial charge in [-0.05, 0) is 48.3 Å². The van der Waals surface area contributed by atoms with Crippen LogP contribution in [0.4, 0.5) is 0 Å². The summed E-state index contributed by atoms with van der Waals surface area (Å²) in [6.45, 7) is 29.7. The van der Waals surface area contributed by atoms with Gasteiger partial charge in [0, 0.05) is 39.6 Å². The van der Waals surface area contributed by atoms with Gasteiger partial charge in [0.05, 0.1) is 0 Å². The van der Waals surface area contributed by atoms with Crippen molar-refractivity contribution in [2.75, 3.05) is 39.6 Å². The largest absolute Gasteiger partial charge is 0.673 e. The Balaban J connectivity index is 6.93. The van der Waals surface area contributed by atoms with E-state index in [-0.39, 0.29) is 0 Å². The summed E-state index contributed by atoms with van der Waals surface area (Å²) in [5.74, 6) is 2.59. The maximum Gasteiger partial charge on any atom is 0.673 e. The first-order chi connectivity index (χ1) is 21.6. The first-order valence-electron chi connectivity index (χ1n) is 19.1. The van der Waals surface area contributed by atoms with Crippen LogP contribution in [0.2, 0.25) is 0 Å². The number of hydrogen-bond acceptors (Lipinski definition) is 7. The van der Waals surface area contributed by atoms with Gasteiger partial charge in [0.2, 0.25) is 0 Å². The van der Waals surface area contributed by atoms with E-state index in [1.165, 1.54) is 0 Å². The van der Waals surface area contributed by atoms with Crippen LogP contribution in [0.3, 0.4) is 0 Å². The lowest BCUT2D eigenvalue weighted by molar-refractivity contribution is -0.0826. The standard InChI is InChI=1S/C36H78O7Si2/c1-13-31(11)23-25-37-44(39-27-33(15-3)16-4,40-28-34(17-5)18-6)43-45(38-26-24-32(12)14-2,41-29-35(19-7)20-8)42-30-36(21-9)22-10/h31-36H,13-30H2,1-12H3. The first-order valence-corrected chi connectivity index (χ1v) is 22.4. The Morgan fingerprint density at radius 3 is 0.800 bits per heavy atom. The third kappa shape index (κ3) is 19.1. The third-order valence-electron chi connectivity index (χ3n) is 10.0. The molecule has 272 valence electrons. The normalized spacial score (nSPS) is 14.4. The summed E-state index contributed by atoms with van der Waals surface area (Å²) in [4.78, 5) is 0. The van der Waals surface area contributed by atoms with Crippen LogP contribution in [-0.4, -0.2) is 57.7 Å². The first kappa shape index (κ1) is 45.2. The van der Waals surface area contributed by atoms with Crippen molar-refractivity contribution < 1.29 is 30.7 Å². The Kier molecular flexibility index (Phi) is 27.1. The van der Waals surface area contributed by atoms with Crippen LogP contribution in [0.25, 0.3) is 0 Å². The second-order valence-corrected chi connectivity index (χ2v) is 17.9. The molecule has 0 saturated carbocycles. The molecule has 2 atom stereocenters. The summed E-state index contributed by atoms with van der Waals surface area (Å²) in [6.07, 6.45) is 12.1. The maximum absolute atomic E-state index is 7.16. The van der Waals surface area contributed by atoms with Crippen molar-refractivity contribution in [3.63, 3.8) is 0 Å². The van der Waals surface area contributed by atoms with E-state index in [9.17, 15) is 0 Å². The lowest BCUT2D eigenvalue weighted by atomic mass is 10.1. The van der Waals surface area contributed by atoms with E-state index in [0.29, 0.717) is 75.1 Å². The van der Waals surface area contributed by atoms with Crippen LogP contribution in [-0.2, 0) is 30.7 Å². The molecule has 9 heteroatoms. The predicted octanol–water partition coefficient (Wildman–Crippen LogP) is 10.6. The monoisotopic (exact) mass is 679 g/mol. The van der Waals surface area contributed by atoms with Gasteiger partial charge in [-0.3, -0.25) is 0 Å². The van der Waals surface area contributed by atoms with Crippen molar-refractivity contribution >= 4 is 18.1 Å². The van der Waals surface area contributed by atoms with Gasteiger partial charge >= 0.3 is 18.1 Å². The Morgan fingerprint density at radius 2 is 0.600 bits per heavy atom. The van der Waals surface area contributed by atoms with E-state index in [1.54, 1.807) is 0 Å². The molecule has 0 heterocycles. The summed E-state index contributed by atoms with van der Waals surface area (Å²) in [5, 5.41) is 0. The minimum atomic E-state index is -3.78. The fraction of sp³-hybridized carbons (Fsp3) is 1.00. The smallest absolute Gasteiger partial charge is 0.352 e. The molecule has 45 heavy (non-hydrogen) atoms. The predicted molar refractivity (Wildman–Crippen MR) is 193 cm³/mol. The van der Waals surface area contributed by atoms with Gasteiger partial charge in [-0.15, -0.1) is 0 Å². The molecule has 0 aliphatic heterocycles. The van der Waals surface area contributed by atoms with Crippen LogP contribution in [0.15, 0.2) is 0 Å². The fourth-order valence-corrected chi connectivity index (χ4v) is 10.4. The summed E-state index contributed by atoms with van der Waals surface area (Å²) in [7, 11) is -7.57. The van der Waals surface area contributed by atoms with Crippen molar-refractivity contribution in [1.82, 2.24) is 0 Å². The zero-order valence-electron chi connectivity index (χ0n) is 32.0. The molecule has 0 spiro atoms. The second-order valence-electron chi connectivity index (χ2n) is 13.4. The molecule has 0 amide bonds. The molecule has 0 rings (SSSR count). The molecular formula is C36H78O7Si2. The molecule has 0 aromatic carbocycles. The topological polar surface area (TPSA) is 64.6 Å². The molecule has 0 aliphatic rings. The average Bonchev–Trinajstić information content (AvgIpc) is 3.06. The van der Waals surface area contributed by atoms with Crippen molar-refractivity contribution in [1.29, 1.82) is 0 Å². The molecule has 0 saturated heterocycles. The van der Waals surface area contributed by atoms with Crippen LogP contribution in [0.5, 0.6) is 0 Å². The van der Waals surface area contributed by atoms with E-state index >= 15 is 0 Å². The number of rotatable bonds is 32. The summed E-state index contributed by atoms with van der Waals surface area (Å²) >= 11 is 0. The molecule has 0 aromatic rings. The highest BCUT2D eigenvalue weighted by atomic mass is 28.5. The van der Waals surface area contributed by atoms with E-state index in [2.05, 4.69) is 83.1 Å².